The quantitative estimate of drug-likeness (QED) is 0.424. The van der Waals surface area contributed by atoms with Crippen LogP contribution in [0.4, 0.5) is 0 Å². The molecule has 0 saturated carbocycles. The molecule has 190 valence electrons. The molecule has 8 nitrogen and oxygen atoms in total. The van der Waals surface area contributed by atoms with E-state index >= 15 is 0 Å². The minimum Gasteiger partial charge on any atom is -0.458 e. The van der Waals surface area contributed by atoms with E-state index in [0.29, 0.717) is 19.5 Å². The molecule has 0 radical (unpaired) electrons. The summed E-state index contributed by atoms with van der Waals surface area (Å²) in [6.07, 6.45) is -0.595. The van der Waals surface area contributed by atoms with Gasteiger partial charge in [-0.3, -0.25) is 9.59 Å². The number of hydrogen-bond donors (Lipinski definition) is 3. The van der Waals surface area contributed by atoms with Gasteiger partial charge in [0.1, 0.15) is 11.9 Å². The number of epoxide rings is 1. The minimum absolute atomic E-state index is 0.00338. The smallest absolute Gasteiger partial charge is 0.309 e. The van der Waals surface area contributed by atoms with Crippen LogP contribution in [-0.4, -0.2) is 70.6 Å². The summed E-state index contributed by atoms with van der Waals surface area (Å²) in [5, 5.41) is 27.8. The van der Waals surface area contributed by atoms with Crippen LogP contribution in [-0.2, 0) is 19.1 Å². The number of nitrogens with one attached hydrogen (secondary N) is 1. The highest BCUT2D eigenvalue weighted by Gasteiger charge is 2.44. The van der Waals surface area contributed by atoms with Crippen molar-refractivity contribution in [3.63, 3.8) is 0 Å². The number of thiazole rings is 1. The molecule has 3 N–H and O–H groups in total. The van der Waals surface area contributed by atoms with E-state index in [1.807, 2.05) is 32.2 Å². The van der Waals surface area contributed by atoms with Gasteiger partial charge in [0.25, 0.3) is 0 Å². The van der Waals surface area contributed by atoms with Crippen molar-refractivity contribution in [1.82, 2.24) is 10.3 Å². The van der Waals surface area contributed by atoms with Crippen molar-refractivity contribution < 1.29 is 29.3 Å². The molecule has 3 heterocycles. The fraction of sp³-hybridized carbons (Fsp3) is 0.720. The first-order chi connectivity index (χ1) is 15.9. The lowest BCUT2D eigenvalue weighted by Crippen LogP contribution is -2.47. The van der Waals surface area contributed by atoms with E-state index in [-0.39, 0.29) is 30.3 Å². The van der Waals surface area contributed by atoms with Gasteiger partial charge in [-0.15, -0.1) is 11.3 Å². The van der Waals surface area contributed by atoms with Crippen LogP contribution in [0.3, 0.4) is 0 Å². The van der Waals surface area contributed by atoms with Crippen molar-refractivity contribution >= 4 is 29.2 Å². The first-order valence-electron chi connectivity index (χ1n) is 12.0. The molecule has 2 aliphatic rings. The van der Waals surface area contributed by atoms with Crippen molar-refractivity contribution in [1.29, 1.82) is 0 Å². The van der Waals surface area contributed by atoms with E-state index in [1.54, 1.807) is 32.1 Å². The number of aliphatic hydroxyl groups is 2. The van der Waals surface area contributed by atoms with Crippen LogP contribution in [0.1, 0.15) is 58.2 Å². The molecule has 0 aliphatic carbocycles. The van der Waals surface area contributed by atoms with Crippen LogP contribution in [0.2, 0.25) is 0 Å². The monoisotopic (exact) mass is 494 g/mol. The van der Waals surface area contributed by atoms with E-state index in [1.165, 1.54) is 0 Å². The Kier molecular flexibility index (Phi) is 8.68. The normalized spacial score (nSPS) is 36.0. The zero-order valence-electron chi connectivity index (χ0n) is 20.9. The lowest BCUT2D eigenvalue weighted by molar-refractivity contribution is -0.154. The number of esters is 1. The second-order valence-electron chi connectivity index (χ2n) is 10.3. The number of carbonyl (C=O) groups excluding carboxylic acids is 2. The Morgan fingerprint density at radius 3 is 2.59 bits per heavy atom. The Morgan fingerprint density at radius 1 is 1.24 bits per heavy atom. The highest BCUT2D eigenvalue weighted by molar-refractivity contribution is 7.09. The van der Waals surface area contributed by atoms with E-state index in [2.05, 4.69) is 10.3 Å². The summed E-state index contributed by atoms with van der Waals surface area (Å²) in [5.41, 5.74) is 0.441. The van der Waals surface area contributed by atoms with Crippen LogP contribution in [0.15, 0.2) is 11.0 Å². The average molecular weight is 495 g/mol. The number of nitrogens with zero attached hydrogens (tertiary/aromatic N) is 1. The molecule has 3 rings (SSSR count). The number of cyclic esters (lactones) is 1. The van der Waals surface area contributed by atoms with E-state index in [0.717, 1.165) is 16.3 Å². The molecule has 2 fully saturated rings. The molecule has 0 bridgehead atoms. The third kappa shape index (κ3) is 6.51. The van der Waals surface area contributed by atoms with Gasteiger partial charge in [-0.25, -0.2) is 4.98 Å². The van der Waals surface area contributed by atoms with Gasteiger partial charge in [-0.1, -0.05) is 27.7 Å². The molecule has 2 saturated heterocycles. The van der Waals surface area contributed by atoms with Crippen LogP contribution in [0.25, 0.3) is 6.08 Å². The maximum Gasteiger partial charge on any atom is 0.309 e. The number of ether oxygens (including phenoxy) is 2. The molecular weight excluding hydrogens is 456 g/mol. The van der Waals surface area contributed by atoms with Crippen molar-refractivity contribution in [2.75, 3.05) is 13.1 Å². The van der Waals surface area contributed by atoms with Gasteiger partial charge in [0.2, 0.25) is 0 Å². The van der Waals surface area contributed by atoms with Gasteiger partial charge < -0.3 is 25.0 Å². The fourth-order valence-electron chi connectivity index (χ4n) is 4.47. The van der Waals surface area contributed by atoms with Crippen molar-refractivity contribution in [2.45, 2.75) is 84.9 Å². The first kappa shape index (κ1) is 26.9. The van der Waals surface area contributed by atoms with Gasteiger partial charge in [0.15, 0.2) is 0 Å². The molecule has 0 spiro atoms. The van der Waals surface area contributed by atoms with Crippen LogP contribution in [0.5, 0.6) is 0 Å². The number of ketones is 1. The van der Waals surface area contributed by atoms with E-state index in [4.69, 9.17) is 9.47 Å². The van der Waals surface area contributed by atoms with Gasteiger partial charge in [0, 0.05) is 30.8 Å². The standard InChI is InChI=1S/C25H38N2O6S/c1-13(7-17-12-34-16(4)27-17)18-8-19-20(32-19)11-26-10-14(2)23(30)15(3)24(31)25(5,6)21(28)9-22(29)33-18/h7,12,14-15,18-21,23,26,28,30H,8-11H2,1-6H3/b13-7+/t14-,15-,18-,19+,20-,21+,23-/m1/s1. The lowest BCUT2D eigenvalue weighted by Gasteiger charge is -2.34. The number of carbonyl (C=O) groups is 2. The number of hydrogen-bond acceptors (Lipinski definition) is 9. The summed E-state index contributed by atoms with van der Waals surface area (Å²) >= 11 is 1.55. The second kappa shape index (κ2) is 11.0. The number of aromatic nitrogens is 1. The topological polar surface area (TPSA) is 121 Å². The molecular formula is C25H38N2O6S. The number of Topliss-reactive ketones (excluding diaryl/α,β-unsaturated/α-hetero) is 1. The van der Waals surface area contributed by atoms with Crippen molar-refractivity contribution in [3.8, 4) is 0 Å². The largest absolute Gasteiger partial charge is 0.458 e. The molecule has 1 aromatic heterocycles. The number of aliphatic hydroxyl groups excluding tert-OH is 2. The minimum atomic E-state index is -1.24. The Bertz CT molecular complexity index is 913. The van der Waals surface area contributed by atoms with Crippen LogP contribution >= 0.6 is 11.3 Å². The number of aryl methyl sites for hydroxylation is 1. The number of rotatable bonds is 2. The summed E-state index contributed by atoms with van der Waals surface area (Å²) in [6.45, 7) is 11.8. The molecule has 1 aromatic rings. The Morgan fingerprint density at radius 2 is 1.94 bits per heavy atom. The molecule has 0 unspecified atom stereocenters. The second-order valence-corrected chi connectivity index (χ2v) is 11.4. The molecule has 0 amide bonds. The Balaban J connectivity index is 1.81. The third-order valence-electron chi connectivity index (χ3n) is 7.08. The maximum absolute atomic E-state index is 13.1. The SMILES string of the molecule is C/C(=C\c1csc(C)n1)[C@H]1C[C@@H]2O[C@@H]2CNC[C@@H](C)[C@@H](O)[C@@H](C)C(=O)C(C)(C)[C@@H](O)CC(=O)O1. The van der Waals surface area contributed by atoms with Gasteiger partial charge in [0.05, 0.1) is 47.0 Å². The Labute approximate surface area is 205 Å². The van der Waals surface area contributed by atoms with Crippen LogP contribution < -0.4 is 5.32 Å². The molecule has 9 heteroatoms. The molecule has 34 heavy (non-hydrogen) atoms. The molecule has 2 aliphatic heterocycles. The summed E-state index contributed by atoms with van der Waals surface area (Å²) < 4.78 is 11.6. The summed E-state index contributed by atoms with van der Waals surface area (Å²) in [5.74, 6) is -1.71. The van der Waals surface area contributed by atoms with Crippen molar-refractivity contribution in [3.05, 3.63) is 21.7 Å². The molecule has 7 atom stereocenters. The van der Waals surface area contributed by atoms with Crippen molar-refractivity contribution in [2.24, 2.45) is 17.3 Å². The zero-order valence-corrected chi connectivity index (χ0v) is 21.7. The average Bonchev–Trinajstić information content (AvgIpc) is 3.38. The lowest BCUT2D eigenvalue weighted by atomic mass is 9.73. The summed E-state index contributed by atoms with van der Waals surface area (Å²) in [7, 11) is 0. The highest BCUT2D eigenvalue weighted by Crippen LogP contribution is 2.33. The summed E-state index contributed by atoms with van der Waals surface area (Å²) in [6, 6.07) is 0. The molecule has 0 aromatic carbocycles. The summed E-state index contributed by atoms with van der Waals surface area (Å²) in [4.78, 5) is 30.4. The predicted octanol–water partition coefficient (Wildman–Crippen LogP) is 2.51. The maximum atomic E-state index is 13.1. The third-order valence-corrected chi connectivity index (χ3v) is 7.87. The number of fused-ring (bicyclic) bond motifs is 1. The van der Waals surface area contributed by atoms with Crippen LogP contribution in [0, 0.1) is 24.2 Å². The Hall–Kier alpha value is -1.65. The van der Waals surface area contributed by atoms with Gasteiger partial charge in [-0.05, 0) is 31.4 Å². The highest BCUT2D eigenvalue weighted by atomic mass is 32.1. The first-order valence-corrected chi connectivity index (χ1v) is 12.8. The zero-order chi connectivity index (χ0) is 25.2. The van der Waals surface area contributed by atoms with E-state index in [9.17, 15) is 19.8 Å². The van der Waals surface area contributed by atoms with E-state index < -0.39 is 35.6 Å². The predicted molar refractivity (Wildman–Crippen MR) is 130 cm³/mol. The van der Waals surface area contributed by atoms with Gasteiger partial charge in [-0.2, -0.15) is 0 Å². The fourth-order valence-corrected chi connectivity index (χ4v) is 5.04. The van der Waals surface area contributed by atoms with Gasteiger partial charge >= 0.3 is 5.97 Å².